The summed E-state index contributed by atoms with van der Waals surface area (Å²) in [7, 11) is 0. The van der Waals surface area contributed by atoms with Crippen molar-refractivity contribution in [3.05, 3.63) is 82.3 Å². The third kappa shape index (κ3) is 6.42. The molecule has 212 valence electrons. The van der Waals surface area contributed by atoms with Gasteiger partial charge in [0.15, 0.2) is 6.23 Å². The Balaban J connectivity index is 1.22. The van der Waals surface area contributed by atoms with Crippen LogP contribution in [0.3, 0.4) is 0 Å². The summed E-state index contributed by atoms with van der Waals surface area (Å²) in [5, 5.41) is 3.24. The van der Waals surface area contributed by atoms with Crippen LogP contribution in [0.4, 0.5) is 4.39 Å². The van der Waals surface area contributed by atoms with Crippen LogP contribution in [-0.2, 0) is 11.3 Å². The fraction of sp³-hybridized carbons (Fsp3) is 0.438. The van der Waals surface area contributed by atoms with Crippen LogP contribution in [0.25, 0.3) is 11.8 Å². The van der Waals surface area contributed by atoms with Crippen LogP contribution in [0, 0.1) is 11.7 Å². The first-order valence-corrected chi connectivity index (χ1v) is 14.7. The Morgan fingerprint density at radius 2 is 1.88 bits per heavy atom. The highest BCUT2D eigenvalue weighted by Crippen LogP contribution is 2.32. The molecule has 3 N–H and O–H groups in total. The van der Waals surface area contributed by atoms with Gasteiger partial charge in [0.05, 0.1) is 23.5 Å². The quantitative estimate of drug-likeness (QED) is 0.342. The SMILES string of the molecule is C=Cc1ccc(F)c(Cl)c1COC1NC(c2ccc(C(=O)N3CCC[C@@H]3CC3CCCCCC3)cc2)=CN=C1N. The van der Waals surface area contributed by atoms with Gasteiger partial charge in [0, 0.05) is 23.7 Å². The normalized spacial score (nSPS) is 21.8. The third-order valence-electron chi connectivity index (χ3n) is 8.41. The zero-order chi connectivity index (χ0) is 28.1. The van der Waals surface area contributed by atoms with Crippen molar-refractivity contribution < 1.29 is 13.9 Å². The van der Waals surface area contributed by atoms with Crippen molar-refractivity contribution >= 4 is 35.1 Å². The van der Waals surface area contributed by atoms with Crippen LogP contribution in [0.15, 0.2) is 54.2 Å². The Bertz CT molecular complexity index is 1280. The van der Waals surface area contributed by atoms with Gasteiger partial charge in [-0.3, -0.25) is 4.79 Å². The predicted molar refractivity (Wildman–Crippen MR) is 159 cm³/mol. The molecule has 0 spiro atoms. The van der Waals surface area contributed by atoms with Crippen molar-refractivity contribution in [1.82, 2.24) is 10.2 Å². The van der Waals surface area contributed by atoms with Crippen LogP contribution in [0.1, 0.15) is 84.8 Å². The Morgan fingerprint density at radius 3 is 2.60 bits per heavy atom. The number of aliphatic imine (C=N–C) groups is 1. The van der Waals surface area contributed by atoms with Crippen molar-refractivity contribution in [3.63, 3.8) is 0 Å². The number of likely N-dealkylation sites (tertiary alicyclic amines) is 1. The minimum Gasteiger partial charge on any atom is -0.383 e. The van der Waals surface area contributed by atoms with Crippen LogP contribution >= 0.6 is 11.6 Å². The molecular formula is C32H38ClFN4O2. The lowest BCUT2D eigenvalue weighted by atomic mass is 9.91. The Labute approximate surface area is 241 Å². The molecule has 2 aliphatic heterocycles. The van der Waals surface area contributed by atoms with Gasteiger partial charge in [-0.1, -0.05) is 81.0 Å². The summed E-state index contributed by atoms with van der Waals surface area (Å²) in [6.07, 6.45) is 13.8. The molecule has 0 aromatic heterocycles. The highest BCUT2D eigenvalue weighted by molar-refractivity contribution is 6.31. The molecule has 2 atom stereocenters. The molecule has 6 nitrogen and oxygen atoms in total. The maximum atomic E-state index is 14.0. The summed E-state index contributed by atoms with van der Waals surface area (Å²) in [6.45, 7) is 4.62. The summed E-state index contributed by atoms with van der Waals surface area (Å²) in [4.78, 5) is 19.9. The number of benzene rings is 2. The summed E-state index contributed by atoms with van der Waals surface area (Å²) in [6, 6.07) is 10.8. The predicted octanol–water partition coefficient (Wildman–Crippen LogP) is 6.89. The summed E-state index contributed by atoms with van der Waals surface area (Å²) < 4.78 is 20.0. The van der Waals surface area contributed by atoms with Gasteiger partial charge in [-0.25, -0.2) is 9.38 Å². The number of hydrogen-bond acceptors (Lipinski definition) is 5. The molecule has 1 unspecified atom stereocenters. The average molecular weight is 565 g/mol. The second kappa shape index (κ2) is 13.0. The molecule has 2 fully saturated rings. The summed E-state index contributed by atoms with van der Waals surface area (Å²) >= 11 is 6.18. The topological polar surface area (TPSA) is 80.0 Å². The minimum atomic E-state index is -0.729. The van der Waals surface area contributed by atoms with E-state index in [1.165, 1.54) is 44.6 Å². The second-order valence-electron chi connectivity index (χ2n) is 11.0. The van der Waals surface area contributed by atoms with Gasteiger partial charge in [0.1, 0.15) is 11.7 Å². The van der Waals surface area contributed by atoms with Crippen LogP contribution in [0.2, 0.25) is 5.02 Å². The molecule has 0 radical (unpaired) electrons. The van der Waals surface area contributed by atoms with Crippen molar-refractivity contribution in [2.45, 2.75) is 76.7 Å². The number of carbonyl (C=O) groups is 1. The Morgan fingerprint density at radius 1 is 1.12 bits per heavy atom. The maximum absolute atomic E-state index is 14.0. The standard InChI is InChI=1S/C32H38ClFN4O2/c1-2-22-15-16-27(34)29(33)26(22)20-40-31-30(35)36-19-28(37-31)23-11-13-24(14-12-23)32(39)38-17-7-10-25(38)18-21-8-5-3-4-6-9-21/h2,11-16,19,21,25,31,37H,1,3-10,17-18,20H2,(H2,35,36)/t25-,31?/m1/s1. The first-order chi connectivity index (χ1) is 19.4. The number of amides is 1. The molecule has 2 aromatic carbocycles. The maximum Gasteiger partial charge on any atom is 0.254 e. The summed E-state index contributed by atoms with van der Waals surface area (Å²) in [5.41, 5.74) is 9.52. The molecule has 0 bridgehead atoms. The number of amidine groups is 1. The van der Waals surface area contributed by atoms with E-state index in [2.05, 4.69) is 21.8 Å². The molecule has 40 heavy (non-hydrogen) atoms. The lowest BCUT2D eigenvalue weighted by Gasteiger charge is -2.28. The van der Waals surface area contributed by atoms with E-state index in [-0.39, 0.29) is 23.4 Å². The van der Waals surface area contributed by atoms with E-state index in [1.54, 1.807) is 18.3 Å². The molecule has 2 aromatic rings. The van der Waals surface area contributed by atoms with E-state index in [1.807, 2.05) is 24.3 Å². The smallest absolute Gasteiger partial charge is 0.254 e. The highest BCUT2D eigenvalue weighted by atomic mass is 35.5. The van der Waals surface area contributed by atoms with Gasteiger partial charge in [-0.15, -0.1) is 0 Å². The zero-order valence-corrected chi connectivity index (χ0v) is 23.6. The number of hydrogen-bond donors (Lipinski definition) is 2. The molecule has 1 amide bonds. The lowest BCUT2D eigenvalue weighted by Crippen LogP contribution is -2.44. The zero-order valence-electron chi connectivity index (χ0n) is 22.9. The average Bonchev–Trinajstić information content (AvgIpc) is 3.28. The van der Waals surface area contributed by atoms with Gasteiger partial charge in [-0.05, 0) is 54.5 Å². The molecule has 1 aliphatic carbocycles. The fourth-order valence-electron chi connectivity index (χ4n) is 6.15. The van der Waals surface area contributed by atoms with Crippen molar-refractivity contribution in [3.8, 4) is 0 Å². The molecule has 2 heterocycles. The number of nitrogens with two attached hydrogens (primary N) is 1. The monoisotopic (exact) mass is 564 g/mol. The van der Waals surface area contributed by atoms with Crippen molar-refractivity contribution in [2.24, 2.45) is 16.6 Å². The number of ether oxygens (including phenoxy) is 1. The van der Waals surface area contributed by atoms with Crippen LogP contribution in [-0.4, -0.2) is 35.5 Å². The lowest BCUT2D eigenvalue weighted by molar-refractivity contribution is 0.0712. The van der Waals surface area contributed by atoms with Gasteiger partial charge in [0.25, 0.3) is 5.91 Å². The number of carbonyl (C=O) groups excluding carboxylic acids is 1. The number of rotatable bonds is 8. The molecular weight excluding hydrogens is 527 g/mol. The van der Waals surface area contributed by atoms with E-state index in [0.29, 0.717) is 28.4 Å². The van der Waals surface area contributed by atoms with Gasteiger partial charge in [-0.2, -0.15) is 0 Å². The van der Waals surface area contributed by atoms with Gasteiger partial charge < -0.3 is 20.7 Å². The van der Waals surface area contributed by atoms with E-state index in [9.17, 15) is 9.18 Å². The molecule has 3 aliphatic rings. The van der Waals surface area contributed by atoms with E-state index < -0.39 is 12.0 Å². The fourth-order valence-corrected chi connectivity index (χ4v) is 6.37. The molecule has 5 rings (SSSR count). The van der Waals surface area contributed by atoms with E-state index in [0.717, 1.165) is 37.3 Å². The largest absolute Gasteiger partial charge is 0.383 e. The highest BCUT2D eigenvalue weighted by Gasteiger charge is 2.31. The van der Waals surface area contributed by atoms with Crippen LogP contribution in [0.5, 0.6) is 0 Å². The Hall–Kier alpha value is -3.16. The number of nitrogens with one attached hydrogen (secondary N) is 1. The molecule has 1 saturated carbocycles. The van der Waals surface area contributed by atoms with E-state index >= 15 is 0 Å². The van der Waals surface area contributed by atoms with Crippen molar-refractivity contribution in [2.75, 3.05) is 6.54 Å². The van der Waals surface area contributed by atoms with Crippen LogP contribution < -0.4 is 11.1 Å². The number of nitrogens with zero attached hydrogens (tertiary/aromatic N) is 2. The van der Waals surface area contributed by atoms with E-state index in [4.69, 9.17) is 22.1 Å². The first-order valence-electron chi connectivity index (χ1n) is 14.4. The Kier molecular flexibility index (Phi) is 9.22. The second-order valence-corrected chi connectivity index (χ2v) is 11.4. The first kappa shape index (κ1) is 28.4. The minimum absolute atomic E-state index is 0.00535. The number of halogens is 2. The van der Waals surface area contributed by atoms with Gasteiger partial charge in [0.2, 0.25) is 0 Å². The summed E-state index contributed by atoms with van der Waals surface area (Å²) in [5.74, 6) is 0.582. The molecule has 1 saturated heterocycles. The van der Waals surface area contributed by atoms with Crippen molar-refractivity contribution in [1.29, 1.82) is 0 Å². The third-order valence-corrected chi connectivity index (χ3v) is 8.81. The van der Waals surface area contributed by atoms with Gasteiger partial charge >= 0.3 is 0 Å². The molecule has 8 heteroatoms.